The van der Waals surface area contributed by atoms with Crippen molar-refractivity contribution in [3.05, 3.63) is 88.2 Å². The first-order valence-electron chi connectivity index (χ1n) is 16.2. The number of H-pyrrole nitrogens is 1. The van der Waals surface area contributed by atoms with Crippen LogP contribution in [0.5, 0.6) is 0 Å². The molecule has 2 aromatic heterocycles. The molecule has 1 unspecified atom stereocenters. The van der Waals surface area contributed by atoms with Gasteiger partial charge in [-0.25, -0.2) is 9.78 Å². The van der Waals surface area contributed by atoms with Crippen LogP contribution in [0.25, 0.3) is 32.9 Å². The second-order valence-electron chi connectivity index (χ2n) is 14.2. The fourth-order valence-corrected chi connectivity index (χ4v) is 7.90. The topological polar surface area (TPSA) is 134 Å². The lowest BCUT2D eigenvalue weighted by Gasteiger charge is -2.38. The SMILES string of the molecule is Cc1c(NCc2ccc(Cl)cc2C(=O)O)cccc1-c1cnc(C(N)=O)c2[nH]c3cc(N4CCC(O[Si](C)(C)C(C)(C)C)C4)ccc3c12. The van der Waals surface area contributed by atoms with Gasteiger partial charge in [-0.3, -0.25) is 4.79 Å². The van der Waals surface area contributed by atoms with Gasteiger partial charge in [0.2, 0.25) is 0 Å². The number of carboxylic acid groups (broad SMARTS) is 1. The highest BCUT2D eigenvalue weighted by Crippen LogP contribution is 2.41. The van der Waals surface area contributed by atoms with Crippen LogP contribution in [0.2, 0.25) is 23.2 Å². The lowest BCUT2D eigenvalue weighted by atomic mass is 9.95. The number of nitrogens with two attached hydrogens (primary N) is 1. The molecule has 9 nitrogen and oxygen atoms in total. The lowest BCUT2D eigenvalue weighted by Crippen LogP contribution is -2.44. The summed E-state index contributed by atoms with van der Waals surface area (Å²) >= 11 is 6.06. The van der Waals surface area contributed by atoms with Crippen LogP contribution in [0.1, 0.15) is 59.2 Å². The van der Waals surface area contributed by atoms with E-state index in [0.29, 0.717) is 22.6 Å². The fraction of sp³-hybridized carbons (Fsp3) is 0.324. The second kappa shape index (κ2) is 12.6. The molecule has 11 heteroatoms. The van der Waals surface area contributed by atoms with Crippen molar-refractivity contribution < 1.29 is 19.1 Å². The van der Waals surface area contributed by atoms with E-state index in [1.807, 2.05) is 25.1 Å². The first kappa shape index (κ1) is 33.5. The molecule has 0 bridgehead atoms. The molecule has 1 aliphatic heterocycles. The Morgan fingerprint density at radius 1 is 1.15 bits per heavy atom. The van der Waals surface area contributed by atoms with E-state index in [2.05, 4.69) is 72.2 Å². The van der Waals surface area contributed by atoms with Crippen molar-refractivity contribution in [1.29, 1.82) is 0 Å². The zero-order valence-corrected chi connectivity index (χ0v) is 30.0. The number of carbonyl (C=O) groups excluding carboxylic acids is 1. The molecular formula is C37H42ClN5O4Si. The predicted octanol–water partition coefficient (Wildman–Crippen LogP) is 8.35. The summed E-state index contributed by atoms with van der Waals surface area (Å²) in [6.07, 6.45) is 2.89. The summed E-state index contributed by atoms with van der Waals surface area (Å²) in [5.74, 6) is -1.64. The number of nitrogens with one attached hydrogen (secondary N) is 2. The molecule has 5 N–H and O–H groups in total. The molecular weight excluding hydrogens is 642 g/mol. The Bertz CT molecular complexity index is 2070. The van der Waals surface area contributed by atoms with Crippen LogP contribution in [0, 0.1) is 6.92 Å². The summed E-state index contributed by atoms with van der Waals surface area (Å²) in [5, 5.41) is 15.4. The molecule has 3 heterocycles. The normalized spacial score (nSPS) is 15.4. The molecule has 1 fully saturated rings. The third-order valence-corrected chi connectivity index (χ3v) is 14.8. The van der Waals surface area contributed by atoms with Crippen LogP contribution < -0.4 is 16.0 Å². The minimum atomic E-state index is -1.88. The Labute approximate surface area is 286 Å². The van der Waals surface area contributed by atoms with Crippen molar-refractivity contribution in [2.24, 2.45) is 5.73 Å². The number of aromatic amines is 1. The first-order valence-corrected chi connectivity index (χ1v) is 19.5. The molecule has 5 aromatic rings. The van der Waals surface area contributed by atoms with Crippen molar-refractivity contribution in [2.75, 3.05) is 23.3 Å². The number of rotatable bonds is 9. The number of pyridine rings is 1. The van der Waals surface area contributed by atoms with E-state index in [4.69, 9.17) is 21.8 Å². The third-order valence-electron chi connectivity index (χ3n) is 10.0. The summed E-state index contributed by atoms with van der Waals surface area (Å²) in [4.78, 5) is 34.7. The zero-order valence-electron chi connectivity index (χ0n) is 28.2. The van der Waals surface area contributed by atoms with E-state index >= 15 is 0 Å². The Balaban J connectivity index is 1.35. The molecule has 1 amide bonds. The average molecular weight is 684 g/mol. The highest BCUT2D eigenvalue weighted by atomic mass is 35.5. The molecule has 0 spiro atoms. The number of halogens is 1. The quantitative estimate of drug-likeness (QED) is 0.115. The summed E-state index contributed by atoms with van der Waals surface area (Å²) < 4.78 is 6.73. The summed E-state index contributed by atoms with van der Waals surface area (Å²) in [7, 11) is -1.88. The maximum absolute atomic E-state index is 12.5. The van der Waals surface area contributed by atoms with Gasteiger partial charge in [-0.05, 0) is 78.5 Å². The number of nitrogens with zero attached hydrogens (tertiary/aromatic N) is 2. The van der Waals surface area contributed by atoms with Crippen molar-refractivity contribution in [2.45, 2.75) is 64.9 Å². The molecule has 1 saturated heterocycles. The van der Waals surface area contributed by atoms with Gasteiger partial charge in [0.25, 0.3) is 5.91 Å². The number of primary amides is 1. The Morgan fingerprint density at radius 2 is 1.92 bits per heavy atom. The van der Waals surface area contributed by atoms with Gasteiger partial charge in [-0.15, -0.1) is 0 Å². The molecule has 0 saturated carbocycles. The first-order chi connectivity index (χ1) is 22.6. The van der Waals surface area contributed by atoms with Crippen LogP contribution in [-0.4, -0.2) is 54.5 Å². The van der Waals surface area contributed by atoms with Gasteiger partial charge in [0, 0.05) is 64.1 Å². The van der Waals surface area contributed by atoms with Crippen molar-refractivity contribution in [3.63, 3.8) is 0 Å². The number of aromatic nitrogens is 2. The largest absolute Gasteiger partial charge is 0.478 e. The predicted molar refractivity (Wildman–Crippen MR) is 197 cm³/mol. The number of hydrogen-bond acceptors (Lipinski definition) is 6. The van der Waals surface area contributed by atoms with Crippen LogP contribution in [-0.2, 0) is 11.0 Å². The number of amides is 1. The highest BCUT2D eigenvalue weighted by Gasteiger charge is 2.40. The number of hydrogen-bond donors (Lipinski definition) is 4. The highest BCUT2D eigenvalue weighted by molar-refractivity contribution is 6.74. The van der Waals surface area contributed by atoms with E-state index in [1.54, 1.807) is 18.3 Å². The number of carboxylic acids is 1. The number of anilines is 2. The number of aromatic carboxylic acids is 1. The van der Waals surface area contributed by atoms with Crippen LogP contribution in [0.3, 0.4) is 0 Å². The van der Waals surface area contributed by atoms with Crippen LogP contribution in [0.4, 0.5) is 11.4 Å². The molecule has 0 radical (unpaired) electrons. The van der Waals surface area contributed by atoms with Gasteiger partial charge in [-0.2, -0.15) is 0 Å². The van der Waals surface area contributed by atoms with Gasteiger partial charge in [-0.1, -0.05) is 56.6 Å². The standard InChI is InChI=1S/C37H42ClN5O4Si/c1-21-26(8-7-9-30(21)40-18-22-10-11-23(38)16-28(22)36(45)46)29-19-41-34(35(39)44)33-32(29)27-13-12-24(17-31(27)42-33)43-15-14-25(20-43)47-48(5,6)37(2,3)4/h7-13,16-17,19,25,40,42H,14-15,18,20H2,1-6H3,(H2,39,44)(H,45,46). The Hall–Kier alpha value is -4.38. The van der Waals surface area contributed by atoms with Gasteiger partial charge in [0.05, 0.1) is 17.2 Å². The minimum absolute atomic E-state index is 0.155. The molecule has 0 aliphatic carbocycles. The van der Waals surface area contributed by atoms with Gasteiger partial charge in [0.15, 0.2) is 14.0 Å². The fourth-order valence-electron chi connectivity index (χ4n) is 6.35. The second-order valence-corrected chi connectivity index (χ2v) is 19.4. The maximum atomic E-state index is 12.5. The summed E-state index contributed by atoms with van der Waals surface area (Å²) in [6.45, 7) is 15.5. The summed E-state index contributed by atoms with van der Waals surface area (Å²) in [5.41, 5.74) is 12.9. The third kappa shape index (κ3) is 6.27. The Morgan fingerprint density at radius 3 is 2.62 bits per heavy atom. The molecule has 250 valence electrons. The van der Waals surface area contributed by atoms with Gasteiger partial charge >= 0.3 is 5.97 Å². The smallest absolute Gasteiger partial charge is 0.336 e. The number of benzene rings is 3. The van der Waals surface area contributed by atoms with E-state index in [1.165, 1.54) is 6.07 Å². The van der Waals surface area contributed by atoms with Crippen molar-refractivity contribution in [1.82, 2.24) is 9.97 Å². The van der Waals surface area contributed by atoms with Crippen molar-refractivity contribution >= 4 is 65.0 Å². The number of fused-ring (bicyclic) bond motifs is 3. The van der Waals surface area contributed by atoms with E-state index in [9.17, 15) is 14.7 Å². The number of carbonyl (C=O) groups is 2. The average Bonchev–Trinajstić information content (AvgIpc) is 3.64. The van der Waals surface area contributed by atoms with E-state index in [0.717, 1.165) is 63.9 Å². The van der Waals surface area contributed by atoms with Crippen LogP contribution >= 0.6 is 11.6 Å². The van der Waals surface area contributed by atoms with Gasteiger partial charge < -0.3 is 30.5 Å². The Kier molecular flexibility index (Phi) is 8.78. The van der Waals surface area contributed by atoms with E-state index < -0.39 is 20.2 Å². The van der Waals surface area contributed by atoms with Gasteiger partial charge in [0.1, 0.15) is 0 Å². The molecule has 1 aliphatic rings. The molecule has 6 rings (SSSR count). The monoisotopic (exact) mass is 683 g/mol. The van der Waals surface area contributed by atoms with Crippen LogP contribution in [0.15, 0.2) is 60.8 Å². The minimum Gasteiger partial charge on any atom is -0.478 e. The van der Waals surface area contributed by atoms with E-state index in [-0.39, 0.29) is 22.4 Å². The lowest BCUT2D eigenvalue weighted by molar-refractivity contribution is 0.0695. The zero-order chi connectivity index (χ0) is 34.5. The van der Waals surface area contributed by atoms with Crippen molar-refractivity contribution in [3.8, 4) is 11.1 Å². The summed E-state index contributed by atoms with van der Waals surface area (Å²) in [6, 6.07) is 17.2. The molecule has 1 atom stereocenters. The molecule has 3 aromatic carbocycles. The molecule has 48 heavy (non-hydrogen) atoms. The maximum Gasteiger partial charge on any atom is 0.336 e.